The van der Waals surface area contributed by atoms with Crippen LogP contribution in [-0.4, -0.2) is 9.38 Å². The van der Waals surface area contributed by atoms with E-state index in [9.17, 15) is 0 Å². The molecule has 0 saturated carbocycles. The average Bonchev–Trinajstić information content (AvgIpc) is 3.04. The number of benzene rings is 2. The zero-order valence-corrected chi connectivity index (χ0v) is 14.4. The number of hydrogen-bond donors (Lipinski definition) is 0. The van der Waals surface area contributed by atoms with Crippen LogP contribution < -0.4 is 0 Å². The number of aromatic nitrogens is 2. The lowest BCUT2D eigenvalue weighted by molar-refractivity contribution is 1.01. The lowest BCUT2D eigenvalue weighted by atomic mass is 10.1. The van der Waals surface area contributed by atoms with Gasteiger partial charge >= 0.3 is 0 Å². The minimum atomic E-state index is 0.141. The molecule has 0 amide bonds. The van der Waals surface area contributed by atoms with Crippen LogP contribution in [0.5, 0.6) is 0 Å². The molecule has 0 N–H and O–H groups in total. The van der Waals surface area contributed by atoms with E-state index in [1.54, 1.807) is 0 Å². The summed E-state index contributed by atoms with van der Waals surface area (Å²) in [6.45, 7) is 0. The molecule has 0 bridgehead atoms. The van der Waals surface area contributed by atoms with Crippen molar-refractivity contribution >= 4 is 29.0 Å². The monoisotopic (exact) mass is 350 g/mol. The van der Waals surface area contributed by atoms with Crippen LogP contribution in [0.2, 0.25) is 5.02 Å². The Balaban J connectivity index is 1.84. The first-order valence-corrected chi connectivity index (χ1v) is 8.96. The lowest BCUT2D eigenvalue weighted by Gasteiger charge is -2.17. The molecular weight excluding hydrogens is 336 g/mol. The third-order valence-electron chi connectivity index (χ3n) is 3.87. The molecule has 1 atom stereocenters. The van der Waals surface area contributed by atoms with Crippen molar-refractivity contribution in [3.8, 4) is 0 Å². The molecule has 0 fully saturated rings. The first kappa shape index (κ1) is 15.3. The van der Waals surface area contributed by atoms with Crippen LogP contribution in [0.25, 0.3) is 5.65 Å². The normalized spacial score (nSPS) is 12.4. The molecule has 2 nitrogen and oxygen atoms in total. The highest BCUT2D eigenvalue weighted by Gasteiger charge is 2.19. The van der Waals surface area contributed by atoms with Gasteiger partial charge in [0.05, 0.1) is 22.2 Å². The Morgan fingerprint density at radius 2 is 1.58 bits per heavy atom. The Morgan fingerprint density at radius 1 is 0.875 bits per heavy atom. The number of fused-ring (bicyclic) bond motifs is 1. The van der Waals surface area contributed by atoms with Gasteiger partial charge < -0.3 is 4.40 Å². The van der Waals surface area contributed by atoms with E-state index in [1.807, 2.05) is 48.4 Å². The minimum Gasteiger partial charge on any atom is -0.301 e. The van der Waals surface area contributed by atoms with E-state index in [1.165, 1.54) is 10.5 Å². The van der Waals surface area contributed by atoms with Gasteiger partial charge in [0.15, 0.2) is 0 Å². The van der Waals surface area contributed by atoms with Crippen LogP contribution in [0.15, 0.2) is 90.1 Å². The first-order chi connectivity index (χ1) is 11.8. The summed E-state index contributed by atoms with van der Waals surface area (Å²) in [6, 6.07) is 24.8. The molecule has 4 heteroatoms. The van der Waals surface area contributed by atoms with Crippen molar-refractivity contribution < 1.29 is 0 Å². The molecule has 0 spiro atoms. The summed E-state index contributed by atoms with van der Waals surface area (Å²) in [5, 5.41) is 0.848. The zero-order valence-electron chi connectivity index (χ0n) is 12.8. The van der Waals surface area contributed by atoms with E-state index in [-0.39, 0.29) is 5.25 Å². The molecule has 2 aromatic carbocycles. The van der Waals surface area contributed by atoms with Crippen molar-refractivity contribution in [2.24, 2.45) is 0 Å². The molecule has 2 aromatic heterocycles. The summed E-state index contributed by atoms with van der Waals surface area (Å²) in [5.41, 5.74) is 3.27. The van der Waals surface area contributed by atoms with Gasteiger partial charge in [0.2, 0.25) is 0 Å². The van der Waals surface area contributed by atoms with Gasteiger partial charge in [0.1, 0.15) is 5.65 Å². The largest absolute Gasteiger partial charge is 0.301 e. The van der Waals surface area contributed by atoms with Crippen LogP contribution in [0.4, 0.5) is 0 Å². The molecule has 0 aliphatic rings. The molecule has 0 aliphatic heterocycles. The molecule has 0 saturated heterocycles. The third kappa shape index (κ3) is 3.05. The van der Waals surface area contributed by atoms with Crippen molar-refractivity contribution in [3.63, 3.8) is 0 Å². The summed E-state index contributed by atoms with van der Waals surface area (Å²) in [7, 11) is 0. The average molecular weight is 351 g/mol. The predicted molar refractivity (Wildman–Crippen MR) is 101 cm³/mol. The van der Waals surface area contributed by atoms with Crippen LogP contribution in [-0.2, 0) is 0 Å². The van der Waals surface area contributed by atoms with Crippen molar-refractivity contribution in [1.82, 2.24) is 9.38 Å². The Labute approximate surface area is 150 Å². The second kappa shape index (κ2) is 6.71. The van der Waals surface area contributed by atoms with Crippen molar-refractivity contribution in [1.29, 1.82) is 0 Å². The van der Waals surface area contributed by atoms with Gasteiger partial charge in [-0.2, -0.15) is 0 Å². The highest BCUT2D eigenvalue weighted by molar-refractivity contribution is 7.99. The highest BCUT2D eigenvalue weighted by Crippen LogP contribution is 2.40. The van der Waals surface area contributed by atoms with E-state index in [2.05, 4.69) is 57.9 Å². The number of rotatable bonds is 4. The quantitative estimate of drug-likeness (QED) is 0.428. The predicted octanol–water partition coefficient (Wildman–Crippen LogP) is 5.87. The standard InChI is InChI=1S/C20H15ClN2S/c21-16-11-12-19-22-13-18(23(19)14-16)20(15-7-3-1-4-8-15)24-17-9-5-2-6-10-17/h1-14,20H. The summed E-state index contributed by atoms with van der Waals surface area (Å²) in [5.74, 6) is 0. The summed E-state index contributed by atoms with van der Waals surface area (Å²) in [4.78, 5) is 5.76. The maximum atomic E-state index is 6.20. The molecule has 0 radical (unpaired) electrons. The van der Waals surface area contributed by atoms with Crippen LogP contribution in [0, 0.1) is 0 Å². The minimum absolute atomic E-state index is 0.141. The molecule has 24 heavy (non-hydrogen) atoms. The number of nitrogens with zero attached hydrogens (tertiary/aromatic N) is 2. The van der Waals surface area contributed by atoms with Gasteiger partial charge in [-0.05, 0) is 29.8 Å². The Kier molecular flexibility index (Phi) is 4.28. The number of imidazole rings is 1. The Bertz CT molecular complexity index is 951. The van der Waals surface area contributed by atoms with E-state index in [0.29, 0.717) is 5.02 Å². The fraction of sp³-hybridized carbons (Fsp3) is 0.0500. The van der Waals surface area contributed by atoms with Gasteiger partial charge in [-0.25, -0.2) is 4.98 Å². The van der Waals surface area contributed by atoms with Gasteiger partial charge in [-0.3, -0.25) is 0 Å². The fourth-order valence-electron chi connectivity index (χ4n) is 2.73. The molecule has 2 heterocycles. The molecule has 0 aliphatic carbocycles. The van der Waals surface area contributed by atoms with E-state index in [0.717, 1.165) is 11.3 Å². The van der Waals surface area contributed by atoms with Crippen LogP contribution in [0.3, 0.4) is 0 Å². The van der Waals surface area contributed by atoms with E-state index in [4.69, 9.17) is 11.6 Å². The van der Waals surface area contributed by atoms with E-state index >= 15 is 0 Å². The van der Waals surface area contributed by atoms with Gasteiger partial charge in [-0.1, -0.05) is 60.1 Å². The lowest BCUT2D eigenvalue weighted by Crippen LogP contribution is -2.01. The fourth-order valence-corrected chi connectivity index (χ4v) is 4.07. The molecule has 4 aromatic rings. The van der Waals surface area contributed by atoms with Gasteiger partial charge in [0.25, 0.3) is 0 Å². The van der Waals surface area contributed by atoms with Crippen LogP contribution >= 0.6 is 23.4 Å². The number of thioether (sulfide) groups is 1. The number of halogens is 1. The van der Waals surface area contributed by atoms with Gasteiger partial charge in [0, 0.05) is 11.1 Å². The van der Waals surface area contributed by atoms with Crippen LogP contribution in [0.1, 0.15) is 16.5 Å². The number of pyridine rings is 1. The molecule has 4 rings (SSSR count). The maximum absolute atomic E-state index is 6.20. The first-order valence-electron chi connectivity index (χ1n) is 7.70. The van der Waals surface area contributed by atoms with Crippen molar-refractivity contribution in [2.45, 2.75) is 10.1 Å². The van der Waals surface area contributed by atoms with Gasteiger partial charge in [-0.15, -0.1) is 11.8 Å². The second-order valence-electron chi connectivity index (χ2n) is 5.48. The van der Waals surface area contributed by atoms with Crippen molar-refractivity contribution in [2.75, 3.05) is 0 Å². The van der Waals surface area contributed by atoms with Crippen molar-refractivity contribution in [3.05, 3.63) is 101 Å². The van der Waals surface area contributed by atoms with E-state index < -0.39 is 0 Å². The Hall–Kier alpha value is -2.23. The highest BCUT2D eigenvalue weighted by atomic mass is 35.5. The second-order valence-corrected chi connectivity index (χ2v) is 7.10. The third-order valence-corrected chi connectivity index (χ3v) is 5.38. The molecular formula is C20H15ClN2S. The topological polar surface area (TPSA) is 17.3 Å². The smallest absolute Gasteiger partial charge is 0.137 e. The molecule has 1 unspecified atom stereocenters. The zero-order chi connectivity index (χ0) is 16.4. The SMILES string of the molecule is Clc1ccc2ncc(C(Sc3ccccc3)c3ccccc3)n2c1. The molecule has 118 valence electrons. The summed E-state index contributed by atoms with van der Waals surface area (Å²) < 4.78 is 2.08. The Morgan fingerprint density at radius 3 is 2.33 bits per heavy atom. The summed E-state index contributed by atoms with van der Waals surface area (Å²) >= 11 is 8.02. The number of hydrogen-bond acceptors (Lipinski definition) is 2. The maximum Gasteiger partial charge on any atom is 0.137 e. The summed E-state index contributed by atoms with van der Waals surface area (Å²) in [6.07, 6.45) is 3.87.